The standard InChI is InChI=1S/C34H29F2N3O7P2/c35-34(36,47(40,41)42)29-19-15-25(16-20-29)23-33(28-8-2-1-3-9-28,39-32-12-5-4-11-31(32)37-38-39)22-24-13-17-26(18-14-24)27-7-6-10-30(21-27)46-48(43,44)45/h1-21H,22-23H2,(H2,40,41,42)(H2,43,44,45). The molecule has 0 fully saturated rings. The number of fused-ring (bicyclic) bond motifs is 1. The van der Waals surface area contributed by atoms with Crippen molar-refractivity contribution in [2.24, 2.45) is 0 Å². The zero-order chi connectivity index (χ0) is 34.2. The molecular weight excluding hydrogens is 662 g/mol. The Hall–Kier alpha value is -4.54. The molecule has 0 aliphatic rings. The highest BCUT2D eigenvalue weighted by Gasteiger charge is 2.50. The van der Waals surface area contributed by atoms with Gasteiger partial charge in [-0.3, -0.25) is 14.4 Å². The molecule has 6 aromatic rings. The van der Waals surface area contributed by atoms with Crippen molar-refractivity contribution < 1.29 is 42.0 Å². The van der Waals surface area contributed by atoms with Gasteiger partial charge in [0.2, 0.25) is 0 Å². The number of halogens is 2. The van der Waals surface area contributed by atoms with E-state index in [4.69, 9.17) is 4.52 Å². The molecule has 1 unspecified atom stereocenters. The molecule has 1 heterocycles. The van der Waals surface area contributed by atoms with Crippen LogP contribution in [0, 0.1) is 0 Å². The van der Waals surface area contributed by atoms with Gasteiger partial charge in [0, 0.05) is 18.4 Å². The molecule has 5 aromatic carbocycles. The Morgan fingerprint density at radius 3 is 1.90 bits per heavy atom. The van der Waals surface area contributed by atoms with Gasteiger partial charge in [-0.05, 0) is 52.1 Å². The van der Waals surface area contributed by atoms with Crippen LogP contribution in [0.1, 0.15) is 22.3 Å². The number of nitrogens with zero attached hydrogens (tertiary/aromatic N) is 3. The van der Waals surface area contributed by atoms with Crippen molar-refractivity contribution in [1.29, 1.82) is 0 Å². The van der Waals surface area contributed by atoms with Crippen molar-refractivity contribution >= 4 is 26.5 Å². The minimum Gasteiger partial charge on any atom is -0.404 e. The van der Waals surface area contributed by atoms with Crippen molar-refractivity contribution in [3.8, 4) is 16.9 Å². The maximum absolute atomic E-state index is 14.5. The molecule has 48 heavy (non-hydrogen) atoms. The Morgan fingerprint density at radius 2 is 1.27 bits per heavy atom. The molecule has 0 radical (unpaired) electrons. The average Bonchev–Trinajstić information content (AvgIpc) is 3.49. The van der Waals surface area contributed by atoms with E-state index in [1.807, 2.05) is 83.5 Å². The molecule has 0 saturated heterocycles. The number of hydrogen-bond donors (Lipinski definition) is 4. The lowest BCUT2D eigenvalue weighted by molar-refractivity contribution is 0.0564. The van der Waals surface area contributed by atoms with Crippen LogP contribution < -0.4 is 4.52 Å². The molecule has 4 N–H and O–H groups in total. The van der Waals surface area contributed by atoms with E-state index < -0.39 is 32.2 Å². The van der Waals surface area contributed by atoms with Gasteiger partial charge in [0.1, 0.15) is 11.3 Å². The second-order valence-electron chi connectivity index (χ2n) is 11.3. The molecule has 1 atom stereocenters. The van der Waals surface area contributed by atoms with Crippen LogP contribution in [0.5, 0.6) is 5.75 Å². The van der Waals surface area contributed by atoms with Crippen LogP contribution >= 0.6 is 15.4 Å². The lowest BCUT2D eigenvalue weighted by atomic mass is 9.78. The normalized spacial score (nSPS) is 13.7. The van der Waals surface area contributed by atoms with Crippen LogP contribution in [-0.4, -0.2) is 34.6 Å². The Balaban J connectivity index is 1.44. The fourth-order valence-electron chi connectivity index (χ4n) is 5.82. The summed E-state index contributed by atoms with van der Waals surface area (Å²) >= 11 is 0. The summed E-state index contributed by atoms with van der Waals surface area (Å²) in [6, 6.07) is 36.0. The molecule has 0 amide bonds. The van der Waals surface area contributed by atoms with Crippen LogP contribution in [0.4, 0.5) is 8.78 Å². The van der Waals surface area contributed by atoms with Gasteiger partial charge in [0.05, 0.1) is 11.1 Å². The largest absolute Gasteiger partial charge is 0.524 e. The van der Waals surface area contributed by atoms with Crippen molar-refractivity contribution in [1.82, 2.24) is 15.0 Å². The Labute approximate surface area is 273 Å². The van der Waals surface area contributed by atoms with E-state index in [0.29, 0.717) is 23.1 Å². The van der Waals surface area contributed by atoms with Gasteiger partial charge in [-0.1, -0.05) is 108 Å². The number of hydrogen-bond acceptors (Lipinski definition) is 5. The van der Waals surface area contributed by atoms with Crippen LogP contribution in [0.15, 0.2) is 127 Å². The summed E-state index contributed by atoms with van der Waals surface area (Å²) in [5.41, 5.74) is -0.886. The van der Waals surface area contributed by atoms with E-state index in [1.54, 1.807) is 12.1 Å². The van der Waals surface area contributed by atoms with E-state index in [-0.39, 0.29) is 12.2 Å². The van der Waals surface area contributed by atoms with Gasteiger partial charge in [-0.15, -0.1) is 5.10 Å². The van der Waals surface area contributed by atoms with Crippen molar-refractivity contribution in [3.63, 3.8) is 0 Å². The van der Waals surface area contributed by atoms with Crippen LogP contribution in [0.3, 0.4) is 0 Å². The zero-order valence-corrected chi connectivity index (χ0v) is 26.8. The molecule has 1 aromatic heterocycles. The minimum absolute atomic E-state index is 0.0237. The SMILES string of the molecule is O=P(O)(O)Oc1cccc(-c2ccc(CC(Cc3ccc(C(F)(F)P(=O)(O)O)cc3)(c3ccccc3)n3nnc4ccccc43)cc2)c1. The van der Waals surface area contributed by atoms with Crippen molar-refractivity contribution in [2.75, 3.05) is 0 Å². The van der Waals surface area contributed by atoms with E-state index >= 15 is 0 Å². The second kappa shape index (κ2) is 12.8. The van der Waals surface area contributed by atoms with E-state index in [2.05, 4.69) is 10.3 Å². The number of phosphoric acid groups is 1. The van der Waals surface area contributed by atoms with E-state index in [0.717, 1.165) is 34.3 Å². The summed E-state index contributed by atoms with van der Waals surface area (Å²) in [4.78, 5) is 36.9. The predicted molar refractivity (Wildman–Crippen MR) is 175 cm³/mol. The summed E-state index contributed by atoms with van der Waals surface area (Å²) in [6.45, 7) is 0. The van der Waals surface area contributed by atoms with Crippen LogP contribution in [-0.2, 0) is 33.2 Å². The smallest absolute Gasteiger partial charge is 0.404 e. The number of para-hydroxylation sites is 1. The number of aromatic nitrogens is 3. The lowest BCUT2D eigenvalue weighted by Gasteiger charge is -2.36. The first kappa shape index (κ1) is 33.4. The van der Waals surface area contributed by atoms with Gasteiger partial charge in [-0.25, -0.2) is 9.25 Å². The summed E-state index contributed by atoms with van der Waals surface area (Å²) in [6.07, 6.45) is 0.613. The monoisotopic (exact) mass is 691 g/mol. The maximum Gasteiger partial charge on any atom is 0.524 e. The van der Waals surface area contributed by atoms with E-state index in [9.17, 15) is 37.5 Å². The molecule has 0 aliphatic heterocycles. The number of rotatable bonds is 11. The Bertz CT molecular complexity index is 2150. The van der Waals surface area contributed by atoms with Gasteiger partial charge >= 0.3 is 21.1 Å². The second-order valence-corrected chi connectivity index (χ2v) is 14.1. The molecule has 0 spiro atoms. The number of phosphoric ester groups is 1. The molecule has 246 valence electrons. The van der Waals surface area contributed by atoms with Gasteiger partial charge in [-0.2, -0.15) is 8.78 Å². The zero-order valence-electron chi connectivity index (χ0n) is 25.0. The Kier molecular flexibility index (Phi) is 8.91. The van der Waals surface area contributed by atoms with E-state index in [1.165, 1.54) is 24.3 Å². The van der Waals surface area contributed by atoms with Gasteiger partial charge in [0.15, 0.2) is 0 Å². The quantitative estimate of drug-likeness (QED) is 0.105. The third-order valence-corrected chi connectivity index (χ3v) is 9.51. The number of benzene rings is 5. The third kappa shape index (κ3) is 6.86. The highest BCUT2D eigenvalue weighted by molar-refractivity contribution is 7.52. The lowest BCUT2D eigenvalue weighted by Crippen LogP contribution is -2.40. The van der Waals surface area contributed by atoms with Crippen molar-refractivity contribution in [3.05, 3.63) is 150 Å². The molecule has 0 saturated carbocycles. The fourth-order valence-corrected chi connectivity index (χ4v) is 6.70. The average molecular weight is 692 g/mol. The maximum atomic E-state index is 14.5. The highest BCUT2D eigenvalue weighted by atomic mass is 31.2. The molecule has 0 aliphatic carbocycles. The summed E-state index contributed by atoms with van der Waals surface area (Å²) in [7, 11) is -10.5. The molecule has 14 heteroatoms. The molecular formula is C34H29F2N3O7P2. The van der Waals surface area contributed by atoms with Gasteiger partial charge < -0.3 is 14.3 Å². The fraction of sp³-hybridized carbons (Fsp3) is 0.118. The van der Waals surface area contributed by atoms with Crippen LogP contribution in [0.25, 0.3) is 22.2 Å². The predicted octanol–water partition coefficient (Wildman–Crippen LogP) is 7.03. The third-order valence-electron chi connectivity index (χ3n) is 8.07. The molecule has 10 nitrogen and oxygen atoms in total. The summed E-state index contributed by atoms with van der Waals surface area (Å²) in [5.74, 6) is 0.0237. The summed E-state index contributed by atoms with van der Waals surface area (Å²) < 4.78 is 58.4. The molecule has 0 bridgehead atoms. The summed E-state index contributed by atoms with van der Waals surface area (Å²) in [5, 5.41) is 9.01. The Morgan fingerprint density at radius 1 is 0.667 bits per heavy atom. The first-order valence-corrected chi connectivity index (χ1v) is 17.7. The topological polar surface area (TPSA) is 155 Å². The highest BCUT2D eigenvalue weighted by Crippen LogP contribution is 2.59. The minimum atomic E-state index is -5.74. The van der Waals surface area contributed by atoms with Crippen LogP contribution in [0.2, 0.25) is 0 Å². The molecule has 6 rings (SSSR count). The first-order chi connectivity index (χ1) is 22.7. The number of alkyl halides is 2. The first-order valence-electron chi connectivity index (χ1n) is 14.6. The van der Waals surface area contributed by atoms with Crippen molar-refractivity contribution in [2.45, 2.75) is 24.0 Å². The van der Waals surface area contributed by atoms with Gasteiger partial charge in [0.25, 0.3) is 0 Å².